The highest BCUT2D eigenvalue weighted by molar-refractivity contribution is 9.10. The van der Waals surface area contributed by atoms with E-state index in [0.717, 1.165) is 26.9 Å². The van der Waals surface area contributed by atoms with Crippen LogP contribution in [0.4, 0.5) is 0 Å². The van der Waals surface area contributed by atoms with Gasteiger partial charge in [0.25, 0.3) is 0 Å². The normalized spacial score (nSPS) is 12.2. The Kier molecular flexibility index (Phi) is 5.15. The maximum atomic E-state index is 5.97. The van der Waals surface area contributed by atoms with Crippen molar-refractivity contribution in [3.8, 4) is 5.75 Å². The van der Waals surface area contributed by atoms with Crippen molar-refractivity contribution < 1.29 is 4.74 Å². The van der Waals surface area contributed by atoms with Crippen molar-refractivity contribution >= 4 is 15.9 Å². The van der Waals surface area contributed by atoms with Gasteiger partial charge in [-0.15, -0.1) is 0 Å². The van der Waals surface area contributed by atoms with Crippen molar-refractivity contribution in [1.29, 1.82) is 0 Å². The second-order valence-electron chi connectivity index (χ2n) is 4.85. The molecule has 0 aliphatic carbocycles. The van der Waals surface area contributed by atoms with Crippen LogP contribution in [0, 0.1) is 6.92 Å². The topological polar surface area (TPSA) is 34.1 Å². The third-order valence-electron chi connectivity index (χ3n) is 3.20. The molecule has 0 aliphatic heterocycles. The van der Waals surface area contributed by atoms with Crippen LogP contribution in [-0.2, 0) is 6.61 Å². The molecule has 20 heavy (non-hydrogen) atoms. The summed E-state index contributed by atoms with van der Waals surface area (Å²) in [5.74, 6) is 0.891. The van der Waals surface area contributed by atoms with Crippen LogP contribution in [0.25, 0.3) is 0 Å². The molecule has 0 bridgehead atoms. The number of pyridine rings is 1. The van der Waals surface area contributed by atoms with E-state index in [0.29, 0.717) is 6.61 Å². The van der Waals surface area contributed by atoms with Gasteiger partial charge < -0.3 is 10.1 Å². The van der Waals surface area contributed by atoms with Crippen LogP contribution in [0.15, 0.2) is 41.1 Å². The van der Waals surface area contributed by atoms with Gasteiger partial charge in [0.05, 0.1) is 0 Å². The summed E-state index contributed by atoms with van der Waals surface area (Å²) in [7, 11) is 1.95. The number of nitrogens with one attached hydrogen (secondary N) is 1. The summed E-state index contributed by atoms with van der Waals surface area (Å²) in [6, 6.07) is 8.45. The monoisotopic (exact) mass is 334 g/mol. The molecule has 0 saturated heterocycles. The van der Waals surface area contributed by atoms with E-state index in [4.69, 9.17) is 4.74 Å². The Hall–Kier alpha value is -1.39. The summed E-state index contributed by atoms with van der Waals surface area (Å²) in [4.78, 5) is 4.19. The number of aromatic nitrogens is 1. The van der Waals surface area contributed by atoms with Gasteiger partial charge in [-0.05, 0) is 44.7 Å². The van der Waals surface area contributed by atoms with Crippen LogP contribution >= 0.6 is 15.9 Å². The van der Waals surface area contributed by atoms with Crippen molar-refractivity contribution in [1.82, 2.24) is 10.3 Å². The summed E-state index contributed by atoms with van der Waals surface area (Å²) in [6.45, 7) is 4.67. The second kappa shape index (κ2) is 6.86. The Morgan fingerprint density at radius 1 is 1.30 bits per heavy atom. The van der Waals surface area contributed by atoms with Crippen molar-refractivity contribution in [2.45, 2.75) is 26.5 Å². The standard InChI is InChI=1S/C16H19BrN2O/c1-11-6-13(9-19-8-11)10-20-16-7-14(17)4-5-15(16)12(2)18-3/h4-9,12,18H,10H2,1-3H3. The Labute approximate surface area is 128 Å². The largest absolute Gasteiger partial charge is 0.488 e. The molecule has 1 unspecified atom stereocenters. The maximum Gasteiger partial charge on any atom is 0.125 e. The molecule has 106 valence electrons. The molecule has 2 aromatic rings. The van der Waals surface area contributed by atoms with Gasteiger partial charge in [0.2, 0.25) is 0 Å². The van der Waals surface area contributed by atoms with Crippen LogP contribution in [0.1, 0.15) is 29.7 Å². The Morgan fingerprint density at radius 2 is 2.10 bits per heavy atom. The summed E-state index contributed by atoms with van der Waals surface area (Å²) in [5, 5.41) is 3.24. The zero-order valence-electron chi connectivity index (χ0n) is 12.0. The summed E-state index contributed by atoms with van der Waals surface area (Å²) >= 11 is 3.49. The average molecular weight is 335 g/mol. The Balaban J connectivity index is 2.18. The minimum Gasteiger partial charge on any atom is -0.488 e. The number of hydrogen-bond acceptors (Lipinski definition) is 3. The number of nitrogens with zero attached hydrogens (tertiary/aromatic N) is 1. The molecule has 0 saturated carbocycles. The molecule has 4 heteroatoms. The van der Waals surface area contributed by atoms with Gasteiger partial charge in [0.15, 0.2) is 0 Å². The van der Waals surface area contributed by atoms with E-state index in [1.54, 1.807) is 0 Å². The molecule has 0 radical (unpaired) electrons. The van der Waals surface area contributed by atoms with Crippen molar-refractivity contribution in [2.24, 2.45) is 0 Å². The smallest absolute Gasteiger partial charge is 0.125 e. The molecule has 0 aliphatic rings. The van der Waals surface area contributed by atoms with E-state index < -0.39 is 0 Å². The lowest BCUT2D eigenvalue weighted by Crippen LogP contribution is -2.13. The number of aryl methyl sites for hydroxylation is 1. The highest BCUT2D eigenvalue weighted by Gasteiger charge is 2.11. The van der Waals surface area contributed by atoms with Gasteiger partial charge >= 0.3 is 0 Å². The van der Waals surface area contributed by atoms with Crippen molar-refractivity contribution in [3.05, 3.63) is 57.8 Å². The number of hydrogen-bond donors (Lipinski definition) is 1. The van der Waals surface area contributed by atoms with E-state index >= 15 is 0 Å². The average Bonchev–Trinajstić information content (AvgIpc) is 2.44. The minimum atomic E-state index is 0.244. The van der Waals surface area contributed by atoms with Crippen LogP contribution in [0.3, 0.4) is 0 Å². The number of rotatable bonds is 5. The van der Waals surface area contributed by atoms with E-state index in [-0.39, 0.29) is 6.04 Å². The zero-order chi connectivity index (χ0) is 14.5. The first kappa shape index (κ1) is 15.0. The first-order valence-electron chi connectivity index (χ1n) is 6.60. The first-order chi connectivity index (χ1) is 9.60. The molecule has 1 N–H and O–H groups in total. The summed E-state index contributed by atoms with van der Waals surface area (Å²) < 4.78 is 6.99. The predicted molar refractivity (Wildman–Crippen MR) is 84.9 cm³/mol. The molecule has 2 rings (SSSR count). The maximum absolute atomic E-state index is 5.97. The van der Waals surface area contributed by atoms with E-state index in [1.165, 1.54) is 0 Å². The highest BCUT2D eigenvalue weighted by Crippen LogP contribution is 2.29. The van der Waals surface area contributed by atoms with Crippen molar-refractivity contribution in [2.75, 3.05) is 7.05 Å². The lowest BCUT2D eigenvalue weighted by molar-refractivity contribution is 0.299. The molecular formula is C16H19BrN2O. The molecule has 0 amide bonds. The highest BCUT2D eigenvalue weighted by atomic mass is 79.9. The fourth-order valence-corrected chi connectivity index (χ4v) is 2.34. The Bertz CT molecular complexity index is 586. The molecule has 0 fully saturated rings. The van der Waals surface area contributed by atoms with Crippen LogP contribution < -0.4 is 10.1 Å². The third-order valence-corrected chi connectivity index (χ3v) is 3.69. The van der Waals surface area contributed by atoms with Gasteiger partial charge in [-0.2, -0.15) is 0 Å². The summed E-state index contributed by atoms with van der Waals surface area (Å²) in [5.41, 5.74) is 3.37. The van der Waals surface area contributed by atoms with Crippen LogP contribution in [-0.4, -0.2) is 12.0 Å². The van der Waals surface area contributed by atoms with Crippen molar-refractivity contribution in [3.63, 3.8) is 0 Å². The number of ether oxygens (including phenoxy) is 1. The fraction of sp³-hybridized carbons (Fsp3) is 0.312. The fourth-order valence-electron chi connectivity index (χ4n) is 2.00. The first-order valence-corrected chi connectivity index (χ1v) is 7.39. The molecule has 0 spiro atoms. The molecule has 3 nitrogen and oxygen atoms in total. The van der Waals surface area contributed by atoms with Crippen LogP contribution in [0.5, 0.6) is 5.75 Å². The minimum absolute atomic E-state index is 0.244. The third kappa shape index (κ3) is 3.81. The van der Waals surface area contributed by atoms with E-state index in [1.807, 2.05) is 38.5 Å². The molecular weight excluding hydrogens is 316 g/mol. The lowest BCUT2D eigenvalue weighted by Gasteiger charge is -2.17. The van der Waals surface area contributed by atoms with E-state index in [9.17, 15) is 0 Å². The Morgan fingerprint density at radius 3 is 2.80 bits per heavy atom. The molecule has 1 aromatic carbocycles. The quantitative estimate of drug-likeness (QED) is 0.896. The van der Waals surface area contributed by atoms with E-state index in [2.05, 4.69) is 45.3 Å². The second-order valence-corrected chi connectivity index (χ2v) is 5.77. The summed E-state index contributed by atoms with van der Waals surface area (Å²) in [6.07, 6.45) is 3.68. The zero-order valence-corrected chi connectivity index (χ0v) is 13.6. The number of benzene rings is 1. The van der Waals surface area contributed by atoms with Gasteiger partial charge in [0, 0.05) is 34.0 Å². The van der Waals surface area contributed by atoms with Gasteiger partial charge in [-0.3, -0.25) is 4.98 Å². The molecule has 1 aromatic heterocycles. The molecule has 1 atom stereocenters. The van der Waals surface area contributed by atoms with Gasteiger partial charge in [-0.25, -0.2) is 0 Å². The number of halogens is 1. The predicted octanol–water partition coefficient (Wildman–Crippen LogP) is 4.01. The van der Waals surface area contributed by atoms with Gasteiger partial charge in [0.1, 0.15) is 12.4 Å². The molecule has 1 heterocycles. The van der Waals surface area contributed by atoms with Crippen LogP contribution in [0.2, 0.25) is 0 Å². The van der Waals surface area contributed by atoms with Gasteiger partial charge in [-0.1, -0.05) is 22.0 Å². The lowest BCUT2D eigenvalue weighted by atomic mass is 10.1. The SMILES string of the molecule is CNC(C)c1ccc(Br)cc1OCc1cncc(C)c1.